The van der Waals surface area contributed by atoms with E-state index in [1.807, 2.05) is 0 Å². The number of nitrogens with zero attached hydrogens (tertiary/aromatic N) is 4. The van der Waals surface area contributed by atoms with Crippen LogP contribution < -0.4 is 5.73 Å². The van der Waals surface area contributed by atoms with Crippen LogP contribution in [-0.4, -0.2) is 109 Å². The Labute approximate surface area is 210 Å². The summed E-state index contributed by atoms with van der Waals surface area (Å²) in [5.41, 5.74) is 6.31. The van der Waals surface area contributed by atoms with Crippen molar-refractivity contribution in [1.29, 1.82) is 0 Å². The molecule has 0 aliphatic carbocycles. The highest BCUT2D eigenvalue weighted by Gasteiger charge is 2.45. The van der Waals surface area contributed by atoms with Gasteiger partial charge in [-0.05, 0) is 0 Å². The van der Waals surface area contributed by atoms with Crippen LogP contribution in [0, 0.1) is 0 Å². The number of hydrogen-bond donors (Lipinski definition) is 11. The summed E-state index contributed by atoms with van der Waals surface area (Å²) in [4.78, 5) is 52.1. The zero-order valence-corrected chi connectivity index (χ0v) is 21.0. The number of imidazole rings is 1. The normalized spacial score (nSPS) is 22.3. The predicted octanol–water partition coefficient (Wildman–Crippen LogP) is -4.69. The number of rotatable bonds is 10. The van der Waals surface area contributed by atoms with E-state index in [4.69, 9.17) is 49.6 Å². The SMILES string of the molecule is Nc1ncnc2c1ncn2[C@@H]1O[C@H](COB(O)OB(O)O)[C@@H](O)[C@H]1O.O=P(O)(O)OP(=O)(O)OP(=O)(O)O. The van der Waals surface area contributed by atoms with Gasteiger partial charge in [-0.3, -0.25) is 4.57 Å². The van der Waals surface area contributed by atoms with Gasteiger partial charge >= 0.3 is 38.1 Å². The van der Waals surface area contributed by atoms with Gasteiger partial charge in [-0.2, -0.15) is 8.62 Å². The van der Waals surface area contributed by atoms with Crippen LogP contribution in [0.1, 0.15) is 6.23 Å². The first-order valence-electron chi connectivity index (χ1n) is 9.42. The summed E-state index contributed by atoms with van der Waals surface area (Å²) in [7, 11) is -20.4. The fraction of sp³-hybridized carbons (Fsp3) is 0.500. The van der Waals surface area contributed by atoms with Crippen molar-refractivity contribution < 1.29 is 86.0 Å². The van der Waals surface area contributed by atoms with E-state index in [1.54, 1.807) is 0 Å². The Morgan fingerprint density at radius 1 is 0.974 bits per heavy atom. The molecular weight excluding hydrogens is 593 g/mol. The fourth-order valence-corrected chi connectivity index (χ4v) is 5.30. The van der Waals surface area contributed by atoms with E-state index in [1.165, 1.54) is 17.2 Å². The molecule has 0 aromatic carbocycles. The highest BCUT2D eigenvalue weighted by Crippen LogP contribution is 2.64. The molecule has 1 aliphatic heterocycles. The predicted molar refractivity (Wildman–Crippen MR) is 117 cm³/mol. The minimum atomic E-state index is -5.46. The van der Waals surface area contributed by atoms with Gasteiger partial charge in [-0.15, -0.1) is 0 Å². The van der Waals surface area contributed by atoms with Crippen molar-refractivity contribution >= 4 is 55.1 Å². The molecule has 214 valence electrons. The Morgan fingerprint density at radius 2 is 1.55 bits per heavy atom. The molecule has 0 radical (unpaired) electrons. The first-order valence-corrected chi connectivity index (χ1v) is 14.0. The Kier molecular flexibility index (Phi) is 11.1. The van der Waals surface area contributed by atoms with Gasteiger partial charge in [-0.25, -0.2) is 28.6 Å². The molecule has 28 heteroatoms. The van der Waals surface area contributed by atoms with Crippen LogP contribution in [0.25, 0.3) is 11.2 Å². The fourth-order valence-electron chi connectivity index (χ4n) is 2.76. The number of aliphatic hydroxyl groups excluding tert-OH is 2. The molecule has 0 bridgehead atoms. The van der Waals surface area contributed by atoms with Crippen molar-refractivity contribution in [1.82, 2.24) is 19.5 Å². The number of nitrogens with two attached hydrogens (primary N) is 1. The summed E-state index contributed by atoms with van der Waals surface area (Å²) in [5.74, 6) is 0.152. The van der Waals surface area contributed by atoms with Crippen molar-refractivity contribution in [2.75, 3.05) is 12.3 Å². The lowest BCUT2D eigenvalue weighted by Gasteiger charge is -2.16. The third-order valence-corrected chi connectivity index (χ3v) is 7.41. The number of fused-ring (bicyclic) bond motifs is 1. The molecule has 4 atom stereocenters. The van der Waals surface area contributed by atoms with E-state index in [2.05, 4.69) is 28.1 Å². The summed E-state index contributed by atoms with van der Waals surface area (Å²) >= 11 is 0. The summed E-state index contributed by atoms with van der Waals surface area (Å²) in [6.45, 7) is -0.396. The minimum absolute atomic E-state index is 0.152. The second-order valence-corrected chi connectivity index (χ2v) is 11.1. The third kappa shape index (κ3) is 9.95. The molecule has 2 aromatic rings. The monoisotopic (exact) mass is 613 g/mol. The van der Waals surface area contributed by atoms with Crippen molar-refractivity contribution in [3.63, 3.8) is 0 Å². The van der Waals surface area contributed by atoms with Crippen molar-refractivity contribution in [2.24, 2.45) is 0 Å². The van der Waals surface area contributed by atoms with E-state index in [9.17, 15) is 28.9 Å². The van der Waals surface area contributed by atoms with Crippen LogP contribution >= 0.6 is 23.5 Å². The molecule has 3 heterocycles. The number of phosphoric acid groups is 3. The lowest BCUT2D eigenvalue weighted by atomic mass is 10.1. The molecular formula is C10H20B2N5O18P3. The molecule has 1 aliphatic rings. The van der Waals surface area contributed by atoms with Gasteiger partial charge in [0, 0.05) is 0 Å². The van der Waals surface area contributed by atoms with Crippen LogP contribution in [-0.2, 0) is 36.3 Å². The molecule has 1 fully saturated rings. The average Bonchev–Trinajstić information content (AvgIpc) is 3.25. The first kappa shape index (κ1) is 32.8. The van der Waals surface area contributed by atoms with Crippen molar-refractivity contribution in [3.05, 3.63) is 12.7 Å². The number of aromatic nitrogens is 4. The first-order chi connectivity index (χ1) is 17.3. The maximum atomic E-state index is 10.4. The molecule has 23 nitrogen and oxygen atoms in total. The van der Waals surface area contributed by atoms with Crippen LogP contribution in [0.15, 0.2) is 12.7 Å². The number of aliphatic hydroxyl groups is 2. The van der Waals surface area contributed by atoms with E-state index in [-0.39, 0.29) is 5.82 Å². The molecule has 0 unspecified atom stereocenters. The molecule has 12 N–H and O–H groups in total. The summed E-state index contributed by atoms with van der Waals surface area (Å²) in [5, 5.41) is 46.6. The Bertz CT molecular complexity index is 1200. The largest absolute Gasteiger partial charge is 0.624 e. The molecule has 1 saturated heterocycles. The Balaban J connectivity index is 0.000000332. The maximum Gasteiger partial charge on any atom is 0.624 e. The molecule has 0 amide bonds. The van der Waals surface area contributed by atoms with Crippen LogP contribution in [0.4, 0.5) is 5.82 Å². The number of hydrogen-bond acceptors (Lipinski definition) is 17. The molecule has 2 aromatic heterocycles. The zero-order valence-electron chi connectivity index (χ0n) is 18.3. The molecule has 38 heavy (non-hydrogen) atoms. The number of anilines is 1. The highest BCUT2D eigenvalue weighted by molar-refractivity contribution is 7.66. The third-order valence-electron chi connectivity index (χ3n) is 4.06. The van der Waals surface area contributed by atoms with Gasteiger partial charge in [0.2, 0.25) is 0 Å². The lowest BCUT2D eigenvalue weighted by molar-refractivity contribution is -0.0526. The lowest BCUT2D eigenvalue weighted by Crippen LogP contribution is -2.38. The minimum Gasteiger partial charge on any atom is -0.402 e. The summed E-state index contributed by atoms with van der Waals surface area (Å²) in [6.07, 6.45) is -2.21. The second kappa shape index (κ2) is 12.8. The van der Waals surface area contributed by atoms with Gasteiger partial charge < -0.3 is 69.4 Å². The smallest absolute Gasteiger partial charge is 0.402 e. The average molecular weight is 613 g/mol. The van der Waals surface area contributed by atoms with Gasteiger partial charge in [0.25, 0.3) is 0 Å². The second-order valence-electron chi connectivity index (χ2n) is 6.85. The Hall–Kier alpha value is -1.43. The zero-order chi connectivity index (χ0) is 29.1. The Morgan fingerprint density at radius 3 is 2.08 bits per heavy atom. The summed E-state index contributed by atoms with van der Waals surface area (Å²) in [6, 6.07) is 0. The van der Waals surface area contributed by atoms with E-state index < -0.39 is 69.3 Å². The van der Waals surface area contributed by atoms with E-state index >= 15 is 0 Å². The van der Waals surface area contributed by atoms with Crippen LogP contribution in [0.2, 0.25) is 0 Å². The van der Waals surface area contributed by atoms with Crippen molar-refractivity contribution in [2.45, 2.75) is 24.5 Å². The number of nitrogen functional groups attached to an aromatic ring is 1. The van der Waals surface area contributed by atoms with Gasteiger partial charge in [0.05, 0.1) is 12.9 Å². The number of ether oxygens (including phenoxy) is 1. The van der Waals surface area contributed by atoms with E-state index in [0.717, 1.165) is 0 Å². The highest BCUT2D eigenvalue weighted by atomic mass is 31.3. The standard InChI is InChI=1S/C10H15B2N5O8.H5O10P3/c13-8-5-9(15-2-14-8)17(3-16-5)10-7(19)6(18)4(24-10)1-23-12(22)25-11(20)21;1-11(2,3)9-13(7,8)10-12(4,5)6/h2-4,6-7,10,18-22H,1H2,(H2,13,14,15);(H,7,8)(H2,1,2,3)(H2,4,5,6)/t4-,6-,7-,10-;/m1./s1. The maximum absolute atomic E-state index is 10.4. The molecule has 3 rings (SSSR count). The van der Waals surface area contributed by atoms with Crippen LogP contribution in [0.5, 0.6) is 0 Å². The van der Waals surface area contributed by atoms with Gasteiger partial charge in [0.1, 0.15) is 30.2 Å². The van der Waals surface area contributed by atoms with Crippen LogP contribution in [0.3, 0.4) is 0 Å². The van der Waals surface area contributed by atoms with E-state index in [0.29, 0.717) is 11.2 Å². The summed E-state index contributed by atoms with van der Waals surface area (Å²) < 4.78 is 52.2. The molecule has 0 spiro atoms. The quantitative estimate of drug-likeness (QED) is 0.0886. The molecule has 0 saturated carbocycles. The topological polar surface area (TPSA) is 369 Å². The van der Waals surface area contributed by atoms with Gasteiger partial charge in [-0.1, -0.05) is 0 Å². The van der Waals surface area contributed by atoms with Crippen molar-refractivity contribution in [3.8, 4) is 0 Å². The van der Waals surface area contributed by atoms with Gasteiger partial charge in [0.15, 0.2) is 17.7 Å².